The second kappa shape index (κ2) is 29.3. The van der Waals surface area contributed by atoms with Crippen LogP contribution in [0.1, 0.15) is 0 Å². The Balaban J connectivity index is -0.000000389. The van der Waals surface area contributed by atoms with E-state index in [4.69, 9.17) is 0 Å². The number of carboxylic acid groups (broad SMARTS) is 6. The summed E-state index contributed by atoms with van der Waals surface area (Å²) < 4.78 is 0. The Morgan fingerprint density at radius 2 is 0.641 bits per heavy atom. The second-order valence-electron chi connectivity index (χ2n) is 5.63. The maximum absolute atomic E-state index is 11.9. The summed E-state index contributed by atoms with van der Waals surface area (Å²) in [6.45, 7) is 0. The van der Waals surface area contributed by atoms with Gasteiger partial charge in [0.25, 0.3) is 0 Å². The van der Waals surface area contributed by atoms with Gasteiger partial charge in [-0.15, -0.1) is 0 Å². The van der Waals surface area contributed by atoms with Gasteiger partial charge in [-0.3, -0.25) is 0 Å². The normalized spacial score (nSPS) is 23.1. The zero-order chi connectivity index (χ0) is 24.3. The van der Waals surface area contributed by atoms with E-state index in [0.717, 1.165) is 53.1 Å². The molecule has 6 unspecified atom stereocenters. The molecule has 39 heavy (non-hydrogen) atoms. The van der Waals surface area contributed by atoms with Crippen LogP contribution in [-0.2, 0) is 28.8 Å². The summed E-state index contributed by atoms with van der Waals surface area (Å²) in [6, 6.07) is 0. The molecule has 0 aromatic heterocycles. The number of hydrogen-bond donors (Lipinski definition) is 6. The van der Waals surface area contributed by atoms with Gasteiger partial charge in [-0.25, -0.2) is 0 Å². The van der Waals surface area contributed by atoms with Gasteiger partial charge < -0.3 is 0 Å². The molecule has 12 nitrogen and oxygen atoms in total. The van der Waals surface area contributed by atoms with Crippen molar-refractivity contribution in [2.75, 3.05) is 0 Å². The number of carbonyl (C=O) groups is 6. The molecule has 2 fully saturated rings. The molecule has 0 aromatic carbocycles. The van der Waals surface area contributed by atoms with E-state index in [9.17, 15) is 59.4 Å². The first kappa shape index (κ1) is 58.7. The molecule has 0 spiro atoms. The number of carboxylic acids is 6. The topological polar surface area (TPSA) is 224 Å². The Labute approximate surface area is 408 Å². The fraction of sp³-hybridized carbons (Fsp3) is 0.500. The van der Waals surface area contributed by atoms with E-state index in [0.29, 0.717) is 0 Å². The molecule has 0 amide bonds. The first-order chi connectivity index (χ1) is 14.8. The first-order valence-corrected chi connectivity index (χ1v) is 31.6. The van der Waals surface area contributed by atoms with E-state index >= 15 is 0 Å². The molecule has 0 aliphatic carbocycles. The Morgan fingerprint density at radius 3 is 0.769 bits per heavy atom. The Bertz CT molecular complexity index is 747. The van der Waals surface area contributed by atoms with Crippen LogP contribution in [0.15, 0.2) is 0 Å². The Hall–Kier alpha value is 7.56. The zero-order valence-corrected chi connectivity index (χ0v) is 24.9. The summed E-state index contributed by atoms with van der Waals surface area (Å²) in [7, 11) is 5.17. The monoisotopic (exact) mass is 950 g/mol. The number of hydrogen-bond acceptors (Lipinski definition) is 12. The van der Waals surface area contributed by atoms with Crippen molar-refractivity contribution in [3.8, 4) is 0 Å². The Morgan fingerprint density at radius 1 is 0.462 bits per heavy atom. The fourth-order valence-electron chi connectivity index (χ4n) is 2.08. The van der Waals surface area contributed by atoms with Crippen LogP contribution in [0.25, 0.3) is 0 Å². The van der Waals surface area contributed by atoms with Gasteiger partial charge in [0.15, 0.2) is 0 Å². The van der Waals surface area contributed by atoms with Gasteiger partial charge in [-0.2, -0.15) is 0 Å². The maximum atomic E-state index is 11.9. The molecule has 0 aromatic rings. The van der Waals surface area contributed by atoms with Gasteiger partial charge >= 0.3 is 419 Å². The Kier molecular flexibility index (Phi) is 44.1. The third-order valence-electron chi connectivity index (χ3n) is 3.48. The van der Waals surface area contributed by atoms with Crippen molar-refractivity contribution in [1.29, 1.82) is 0 Å². The SMILES string of the molecule is O=C(O)C1[S][Sb]([S]C(C(=O)O)C([S][Sb]2[S]C(C(=O)O)C(C(=O)O)[S]2)C(=O)O)[S]C1C(=O)O.[NaH].[NaH].[NaH].[NaH].[NaH].[NaH].[NaH]. The van der Waals surface area contributed by atoms with Crippen molar-refractivity contribution in [1.82, 2.24) is 0 Å². The van der Waals surface area contributed by atoms with Gasteiger partial charge in [0.2, 0.25) is 0 Å². The van der Waals surface area contributed by atoms with Gasteiger partial charge in [0.1, 0.15) is 0 Å². The van der Waals surface area contributed by atoms with Crippen LogP contribution in [0.2, 0.25) is 0 Å². The molecular formula is C12H19Na7O12S6Sb2. The third kappa shape index (κ3) is 18.9. The average molecular weight is 952 g/mol. The van der Waals surface area contributed by atoms with Crippen molar-refractivity contribution in [2.24, 2.45) is 0 Å². The fourth-order valence-corrected chi connectivity index (χ4v) is 62.2. The van der Waals surface area contributed by atoms with Crippen molar-refractivity contribution in [2.45, 2.75) is 31.5 Å². The van der Waals surface area contributed by atoms with E-state index in [1.807, 2.05) is 0 Å². The van der Waals surface area contributed by atoms with Gasteiger partial charge in [0.05, 0.1) is 0 Å². The van der Waals surface area contributed by atoms with Crippen LogP contribution in [0, 0.1) is 0 Å². The first-order valence-electron chi connectivity index (χ1n) is 7.81. The van der Waals surface area contributed by atoms with E-state index in [1.54, 1.807) is 0 Å². The summed E-state index contributed by atoms with van der Waals surface area (Å²) in [5, 5.41) is 48.2. The van der Waals surface area contributed by atoms with Crippen LogP contribution in [0.5, 0.6) is 0 Å². The molecule has 2 rings (SSSR count). The van der Waals surface area contributed by atoms with E-state index < -0.39 is 99.3 Å². The van der Waals surface area contributed by atoms with Crippen molar-refractivity contribution < 1.29 is 59.4 Å². The second-order valence-corrected chi connectivity index (χ2v) is 47.3. The van der Waals surface area contributed by atoms with Crippen LogP contribution >= 0.6 is 53.1 Å². The summed E-state index contributed by atoms with van der Waals surface area (Å²) in [5.74, 6) is -8.30. The van der Waals surface area contributed by atoms with Crippen LogP contribution in [0.3, 0.4) is 0 Å². The molecule has 192 valence electrons. The van der Waals surface area contributed by atoms with Crippen LogP contribution in [-0.4, -0.2) is 337 Å². The van der Waals surface area contributed by atoms with Crippen molar-refractivity contribution in [3.63, 3.8) is 0 Å². The van der Waals surface area contributed by atoms with Gasteiger partial charge in [-0.05, 0) is 0 Å². The van der Waals surface area contributed by atoms with E-state index in [2.05, 4.69) is 0 Å². The molecule has 0 saturated carbocycles. The molecule has 6 N–H and O–H groups in total. The predicted octanol–water partition coefficient (Wildman–Crippen LogP) is -4.44. The molecule has 2 aliphatic heterocycles. The number of aliphatic carboxylic acids is 6. The quantitative estimate of drug-likeness (QED) is 0.108. The van der Waals surface area contributed by atoms with Crippen molar-refractivity contribution in [3.05, 3.63) is 0 Å². The minimum atomic E-state index is -2.99. The molecule has 2 saturated heterocycles. The summed E-state index contributed by atoms with van der Waals surface area (Å²) >= 11 is -5.97. The third-order valence-corrected chi connectivity index (χ3v) is 50.5. The predicted molar refractivity (Wildman–Crippen MR) is 176 cm³/mol. The summed E-state index contributed by atoms with van der Waals surface area (Å²) in [5.41, 5.74) is 0. The van der Waals surface area contributed by atoms with Gasteiger partial charge in [-0.1, -0.05) is 0 Å². The molecule has 0 radical (unpaired) electrons. The molecule has 2 aliphatic rings. The van der Waals surface area contributed by atoms with E-state index in [-0.39, 0.29) is 207 Å². The average Bonchev–Trinajstić information content (AvgIpc) is 3.29. The molecule has 27 heteroatoms. The summed E-state index contributed by atoms with van der Waals surface area (Å²) in [4.78, 5) is 69.1. The van der Waals surface area contributed by atoms with Crippen LogP contribution < -0.4 is 0 Å². The minimum absolute atomic E-state index is 0. The molecule has 0 bridgehead atoms. The standard InChI is InChI=1S/3C4H6O4S2.7Na.2Sb.7H/c3*5-3(6)1(9)2(10)4(7)8;;;;;;;;;;;;;;;;/h3*1-2,9-10H,(H,5,6)(H,7,8);;;;;;;;;;;;;;;;/q;;;;;;;;;;2*+3;;;;;;;/p-6. The molecule has 2 heterocycles. The molecular weight excluding hydrogens is 933 g/mol. The van der Waals surface area contributed by atoms with Crippen LogP contribution in [0.4, 0.5) is 0 Å². The number of rotatable bonds is 11. The van der Waals surface area contributed by atoms with Crippen molar-refractivity contribution >= 4 is 328 Å². The zero-order valence-electron chi connectivity index (χ0n) is 14.9. The van der Waals surface area contributed by atoms with Gasteiger partial charge in [0, 0.05) is 0 Å². The summed E-state index contributed by atoms with van der Waals surface area (Å²) in [6.07, 6.45) is 0. The van der Waals surface area contributed by atoms with E-state index in [1.165, 1.54) is 0 Å². The molecule has 6 atom stereocenters.